The number of carbonyl (C=O) groups is 1. The fourth-order valence-corrected chi connectivity index (χ4v) is 5.89. The van der Waals surface area contributed by atoms with Gasteiger partial charge in [-0.3, -0.25) is 19.5 Å². The van der Waals surface area contributed by atoms with Crippen molar-refractivity contribution in [3.63, 3.8) is 0 Å². The van der Waals surface area contributed by atoms with Crippen LogP contribution in [0.1, 0.15) is 50.4 Å². The number of nitro benzene ring substituents is 1. The number of aromatic nitrogens is 1. The Labute approximate surface area is 257 Å². The zero-order valence-corrected chi connectivity index (χ0v) is 25.5. The fraction of sp³-hybridized carbons (Fsp3) is 0.242. The normalized spacial score (nSPS) is 14.7. The molecule has 2 heterocycles. The molecule has 0 aliphatic carbocycles. The van der Waals surface area contributed by atoms with E-state index < -0.39 is 16.9 Å². The maximum absolute atomic E-state index is 14.0. The van der Waals surface area contributed by atoms with E-state index in [1.807, 2.05) is 50.2 Å². The summed E-state index contributed by atoms with van der Waals surface area (Å²) in [6, 6.07) is 20.0. The summed E-state index contributed by atoms with van der Waals surface area (Å²) in [7, 11) is 0. The van der Waals surface area contributed by atoms with Crippen LogP contribution in [0.15, 0.2) is 93.9 Å². The van der Waals surface area contributed by atoms with Crippen LogP contribution in [0.3, 0.4) is 0 Å². The lowest BCUT2D eigenvalue weighted by Crippen LogP contribution is -2.40. The van der Waals surface area contributed by atoms with Crippen LogP contribution in [0.5, 0.6) is 11.5 Å². The van der Waals surface area contributed by atoms with Gasteiger partial charge in [0.15, 0.2) is 4.80 Å². The molecule has 10 nitrogen and oxygen atoms in total. The number of nitrogens with zero attached hydrogens (tertiary/aromatic N) is 3. The lowest BCUT2D eigenvalue weighted by atomic mass is 9.95. The number of hydrogen-bond donors (Lipinski definition) is 0. The first-order valence-corrected chi connectivity index (χ1v) is 14.9. The zero-order valence-electron chi connectivity index (χ0n) is 24.7. The standard InChI is InChI=1S/C33H31N3O7S/c1-5-41-32(38)29-21(4)34-33-35(30(29)26-8-6-7-9-27(26)43-20(2)3)31(37)28(44-33)18-22-12-16-25(17-13-22)42-19-23-10-14-24(15-11-23)36(39)40/h6-18,20,30H,5,19H2,1-4H3/b28-18+/t30-/m1/s1. The third kappa shape index (κ3) is 6.47. The molecule has 226 valence electrons. The van der Waals surface area contributed by atoms with Gasteiger partial charge in [0.1, 0.15) is 24.1 Å². The third-order valence-corrected chi connectivity index (χ3v) is 7.81. The Balaban J connectivity index is 1.48. The van der Waals surface area contributed by atoms with Crippen molar-refractivity contribution in [2.75, 3.05) is 6.61 Å². The molecule has 5 rings (SSSR count). The van der Waals surface area contributed by atoms with Crippen molar-refractivity contribution in [2.24, 2.45) is 4.99 Å². The quantitative estimate of drug-likeness (QED) is 0.139. The predicted molar refractivity (Wildman–Crippen MR) is 166 cm³/mol. The first-order valence-electron chi connectivity index (χ1n) is 14.1. The molecule has 0 N–H and O–H groups in total. The summed E-state index contributed by atoms with van der Waals surface area (Å²) in [5, 5.41) is 10.9. The van der Waals surface area contributed by atoms with Gasteiger partial charge in [0.05, 0.1) is 33.4 Å². The molecule has 1 aliphatic heterocycles. The van der Waals surface area contributed by atoms with Gasteiger partial charge in [0.2, 0.25) is 0 Å². The fourth-order valence-electron chi connectivity index (χ4n) is 4.85. The molecule has 1 aromatic heterocycles. The molecule has 0 saturated carbocycles. The van der Waals surface area contributed by atoms with Gasteiger partial charge >= 0.3 is 5.97 Å². The number of rotatable bonds is 10. The first-order chi connectivity index (χ1) is 21.2. The number of allylic oxidation sites excluding steroid dienone is 1. The molecule has 1 aliphatic rings. The van der Waals surface area contributed by atoms with Gasteiger partial charge in [0.25, 0.3) is 11.2 Å². The van der Waals surface area contributed by atoms with Gasteiger partial charge in [-0.15, -0.1) is 0 Å². The number of hydrogen-bond acceptors (Lipinski definition) is 9. The van der Waals surface area contributed by atoms with Crippen molar-refractivity contribution >= 4 is 29.1 Å². The van der Waals surface area contributed by atoms with E-state index in [1.165, 1.54) is 23.5 Å². The van der Waals surface area contributed by atoms with E-state index in [2.05, 4.69) is 4.99 Å². The molecule has 0 radical (unpaired) electrons. The molecule has 11 heteroatoms. The largest absolute Gasteiger partial charge is 0.491 e. The highest BCUT2D eigenvalue weighted by Crippen LogP contribution is 2.36. The van der Waals surface area contributed by atoms with Crippen LogP contribution in [0.25, 0.3) is 6.08 Å². The number of nitro groups is 1. The number of carbonyl (C=O) groups excluding carboxylic acids is 1. The molecule has 0 amide bonds. The molecule has 0 fully saturated rings. The minimum Gasteiger partial charge on any atom is -0.491 e. The summed E-state index contributed by atoms with van der Waals surface area (Å²) in [6.45, 7) is 7.76. The Bertz CT molecular complexity index is 1910. The molecule has 3 aromatic carbocycles. The van der Waals surface area contributed by atoms with Crippen LogP contribution in [0, 0.1) is 10.1 Å². The number of ether oxygens (including phenoxy) is 3. The second-order valence-corrected chi connectivity index (χ2v) is 11.3. The van der Waals surface area contributed by atoms with Crippen molar-refractivity contribution in [3.05, 3.63) is 131 Å². The summed E-state index contributed by atoms with van der Waals surface area (Å²) in [6.07, 6.45) is 1.66. The smallest absolute Gasteiger partial charge is 0.338 e. The van der Waals surface area contributed by atoms with Crippen molar-refractivity contribution in [1.82, 2.24) is 4.57 Å². The minimum atomic E-state index is -0.780. The van der Waals surface area contributed by atoms with Crippen molar-refractivity contribution < 1.29 is 23.9 Å². The van der Waals surface area contributed by atoms with Gasteiger partial charge in [-0.25, -0.2) is 9.79 Å². The van der Waals surface area contributed by atoms with Crippen LogP contribution in [0.2, 0.25) is 0 Å². The van der Waals surface area contributed by atoms with E-state index in [-0.39, 0.29) is 30.6 Å². The Morgan fingerprint density at radius 1 is 1.09 bits per heavy atom. The Morgan fingerprint density at radius 3 is 2.45 bits per heavy atom. The summed E-state index contributed by atoms with van der Waals surface area (Å²) in [5.74, 6) is 0.651. The summed E-state index contributed by atoms with van der Waals surface area (Å²) in [4.78, 5) is 42.7. The van der Waals surface area contributed by atoms with E-state index >= 15 is 0 Å². The molecule has 4 aromatic rings. The molecule has 0 spiro atoms. The van der Waals surface area contributed by atoms with Crippen LogP contribution in [-0.4, -0.2) is 28.2 Å². The van der Waals surface area contributed by atoms with E-state index in [4.69, 9.17) is 14.2 Å². The number of esters is 1. The second kappa shape index (κ2) is 13.1. The maximum Gasteiger partial charge on any atom is 0.338 e. The summed E-state index contributed by atoms with van der Waals surface area (Å²) in [5.41, 5.74) is 2.75. The summed E-state index contributed by atoms with van der Waals surface area (Å²) < 4.78 is 19.3. The van der Waals surface area contributed by atoms with E-state index in [0.717, 1.165) is 11.1 Å². The lowest BCUT2D eigenvalue weighted by molar-refractivity contribution is -0.384. The average Bonchev–Trinajstić information content (AvgIpc) is 3.30. The van der Waals surface area contributed by atoms with E-state index in [1.54, 1.807) is 48.8 Å². The van der Waals surface area contributed by atoms with Gasteiger partial charge < -0.3 is 14.2 Å². The Kier molecular flexibility index (Phi) is 9.05. The molecule has 0 saturated heterocycles. The highest BCUT2D eigenvalue weighted by atomic mass is 32.1. The SMILES string of the molecule is CCOC(=O)C1=C(C)N=c2s/c(=C/c3ccc(OCc4ccc([N+](=O)[O-])cc4)cc3)c(=O)n2[C@@H]1c1ccccc1OC(C)C. The van der Waals surface area contributed by atoms with Crippen LogP contribution in [-0.2, 0) is 16.1 Å². The second-order valence-electron chi connectivity index (χ2n) is 10.3. The number of para-hydroxylation sites is 1. The van der Waals surface area contributed by atoms with Crippen LogP contribution in [0.4, 0.5) is 5.69 Å². The third-order valence-electron chi connectivity index (χ3n) is 6.82. The van der Waals surface area contributed by atoms with Gasteiger partial charge in [-0.2, -0.15) is 0 Å². The van der Waals surface area contributed by atoms with Crippen molar-refractivity contribution in [3.8, 4) is 11.5 Å². The summed E-state index contributed by atoms with van der Waals surface area (Å²) >= 11 is 1.24. The first kappa shape index (κ1) is 30.4. The molecular formula is C33H31N3O7S. The van der Waals surface area contributed by atoms with Crippen molar-refractivity contribution in [1.29, 1.82) is 0 Å². The van der Waals surface area contributed by atoms with Crippen LogP contribution >= 0.6 is 11.3 Å². The predicted octanol–water partition coefficient (Wildman–Crippen LogP) is 5.07. The molecule has 44 heavy (non-hydrogen) atoms. The molecule has 0 bridgehead atoms. The lowest BCUT2D eigenvalue weighted by Gasteiger charge is -2.26. The van der Waals surface area contributed by atoms with E-state index in [0.29, 0.717) is 37.7 Å². The number of non-ortho nitro benzene ring substituents is 1. The molecule has 1 atom stereocenters. The topological polar surface area (TPSA) is 122 Å². The molecule has 0 unspecified atom stereocenters. The van der Waals surface area contributed by atoms with Gasteiger partial charge in [0, 0.05) is 17.7 Å². The average molecular weight is 614 g/mol. The maximum atomic E-state index is 14.0. The zero-order chi connectivity index (χ0) is 31.4. The number of fused-ring (bicyclic) bond motifs is 1. The van der Waals surface area contributed by atoms with Crippen molar-refractivity contribution in [2.45, 2.75) is 46.4 Å². The van der Waals surface area contributed by atoms with Gasteiger partial charge in [-0.1, -0.05) is 41.7 Å². The Morgan fingerprint density at radius 2 is 1.80 bits per heavy atom. The monoisotopic (exact) mass is 613 g/mol. The highest BCUT2D eigenvalue weighted by Gasteiger charge is 2.35. The van der Waals surface area contributed by atoms with Gasteiger partial charge in [-0.05, 0) is 75.2 Å². The number of thiazole rings is 1. The molecular weight excluding hydrogens is 582 g/mol. The van der Waals surface area contributed by atoms with Crippen LogP contribution < -0.4 is 24.4 Å². The Hall–Kier alpha value is -5.03. The number of benzene rings is 3. The van der Waals surface area contributed by atoms with E-state index in [9.17, 15) is 19.7 Å². The minimum absolute atomic E-state index is 0.0232. The highest BCUT2D eigenvalue weighted by molar-refractivity contribution is 7.07.